The lowest BCUT2D eigenvalue weighted by atomic mass is 10.1. The Morgan fingerprint density at radius 2 is 1.95 bits per heavy atom. The zero-order chi connectivity index (χ0) is 16.1. The standard InChI is InChI=1S/C16H21N3O2S/c1-5-19(6-2)14(20)10-22-16-18-17-15(21-16)13-8-7-11(3)9-12(13)4/h7-9H,5-6,10H2,1-4H3. The smallest absolute Gasteiger partial charge is 0.277 e. The number of benzene rings is 1. The van der Waals surface area contributed by atoms with Crippen LogP contribution >= 0.6 is 11.8 Å². The largest absolute Gasteiger partial charge is 0.411 e. The van der Waals surface area contributed by atoms with Crippen LogP contribution in [0.15, 0.2) is 27.8 Å². The first kappa shape index (κ1) is 16.5. The van der Waals surface area contributed by atoms with E-state index in [2.05, 4.69) is 16.3 Å². The Balaban J connectivity index is 2.04. The molecule has 0 fully saturated rings. The van der Waals surface area contributed by atoms with Crippen molar-refractivity contribution in [3.8, 4) is 11.5 Å². The van der Waals surface area contributed by atoms with Gasteiger partial charge in [-0.2, -0.15) is 0 Å². The molecular formula is C16H21N3O2S. The van der Waals surface area contributed by atoms with Crippen molar-refractivity contribution in [3.05, 3.63) is 29.3 Å². The summed E-state index contributed by atoms with van der Waals surface area (Å²) in [6, 6.07) is 6.08. The summed E-state index contributed by atoms with van der Waals surface area (Å²) < 4.78 is 5.66. The van der Waals surface area contributed by atoms with Crippen LogP contribution in [0.1, 0.15) is 25.0 Å². The Morgan fingerprint density at radius 1 is 1.23 bits per heavy atom. The molecule has 2 rings (SSSR count). The van der Waals surface area contributed by atoms with Gasteiger partial charge in [-0.1, -0.05) is 29.5 Å². The van der Waals surface area contributed by atoms with Crippen LogP contribution in [-0.2, 0) is 4.79 Å². The normalized spacial score (nSPS) is 10.7. The van der Waals surface area contributed by atoms with Crippen molar-refractivity contribution in [3.63, 3.8) is 0 Å². The molecule has 0 aliphatic carbocycles. The summed E-state index contributed by atoms with van der Waals surface area (Å²) in [7, 11) is 0. The molecule has 1 amide bonds. The van der Waals surface area contributed by atoms with Crippen molar-refractivity contribution in [2.24, 2.45) is 0 Å². The Labute approximate surface area is 135 Å². The maximum absolute atomic E-state index is 12.0. The van der Waals surface area contributed by atoms with Gasteiger partial charge in [0, 0.05) is 18.7 Å². The summed E-state index contributed by atoms with van der Waals surface area (Å²) in [6.07, 6.45) is 0. The van der Waals surface area contributed by atoms with E-state index in [0.29, 0.717) is 30.0 Å². The molecule has 0 radical (unpaired) electrons. The number of carbonyl (C=O) groups excluding carboxylic acids is 1. The van der Waals surface area contributed by atoms with Crippen molar-refractivity contribution in [1.82, 2.24) is 15.1 Å². The SMILES string of the molecule is CCN(CC)C(=O)CSc1nnc(-c2ccc(C)cc2C)o1. The van der Waals surface area contributed by atoms with E-state index in [1.54, 1.807) is 4.90 Å². The molecular weight excluding hydrogens is 298 g/mol. The molecule has 0 spiro atoms. The summed E-state index contributed by atoms with van der Waals surface area (Å²) in [5.74, 6) is 0.896. The van der Waals surface area contributed by atoms with Crippen LogP contribution in [0.3, 0.4) is 0 Å². The van der Waals surface area contributed by atoms with E-state index in [9.17, 15) is 4.79 Å². The average molecular weight is 319 g/mol. The predicted molar refractivity (Wildman–Crippen MR) is 87.9 cm³/mol. The van der Waals surface area contributed by atoms with Crippen molar-refractivity contribution >= 4 is 17.7 Å². The molecule has 5 nitrogen and oxygen atoms in total. The lowest BCUT2D eigenvalue weighted by molar-refractivity contribution is -0.127. The Bertz CT molecular complexity index is 651. The highest BCUT2D eigenvalue weighted by Crippen LogP contribution is 2.26. The average Bonchev–Trinajstić information content (AvgIpc) is 2.95. The van der Waals surface area contributed by atoms with E-state index in [0.717, 1.165) is 11.1 Å². The van der Waals surface area contributed by atoms with Crippen LogP contribution in [0.2, 0.25) is 0 Å². The Kier molecular flexibility index (Phi) is 5.60. The molecule has 0 unspecified atom stereocenters. The molecule has 0 aliphatic heterocycles. The summed E-state index contributed by atoms with van der Waals surface area (Å²) >= 11 is 1.28. The van der Waals surface area contributed by atoms with Gasteiger partial charge in [-0.3, -0.25) is 4.79 Å². The van der Waals surface area contributed by atoms with Crippen LogP contribution in [0.4, 0.5) is 0 Å². The van der Waals surface area contributed by atoms with Gasteiger partial charge in [0.15, 0.2) is 0 Å². The third-order valence-electron chi connectivity index (χ3n) is 3.45. The monoisotopic (exact) mass is 319 g/mol. The zero-order valence-electron chi connectivity index (χ0n) is 13.4. The van der Waals surface area contributed by atoms with Crippen molar-refractivity contribution in [1.29, 1.82) is 0 Å². The molecule has 0 saturated heterocycles. The maximum Gasteiger partial charge on any atom is 0.277 e. The van der Waals surface area contributed by atoms with Gasteiger partial charge >= 0.3 is 0 Å². The van der Waals surface area contributed by atoms with Gasteiger partial charge in [-0.15, -0.1) is 10.2 Å². The summed E-state index contributed by atoms with van der Waals surface area (Å²) in [4.78, 5) is 13.7. The second-order valence-corrected chi connectivity index (χ2v) is 5.97. The lowest BCUT2D eigenvalue weighted by Gasteiger charge is -2.17. The molecule has 1 aromatic carbocycles. The van der Waals surface area contributed by atoms with Crippen molar-refractivity contribution in [2.75, 3.05) is 18.8 Å². The summed E-state index contributed by atoms with van der Waals surface area (Å²) in [6.45, 7) is 9.43. The maximum atomic E-state index is 12.0. The molecule has 0 N–H and O–H groups in total. The number of aryl methyl sites for hydroxylation is 2. The van der Waals surface area contributed by atoms with E-state index in [1.807, 2.05) is 39.8 Å². The van der Waals surface area contributed by atoms with Gasteiger partial charge < -0.3 is 9.32 Å². The van der Waals surface area contributed by atoms with Gasteiger partial charge in [0.05, 0.1) is 5.75 Å². The number of thioether (sulfide) groups is 1. The first-order chi connectivity index (χ1) is 10.5. The predicted octanol–water partition coefficient (Wildman–Crippen LogP) is 3.31. The minimum absolute atomic E-state index is 0.0845. The quantitative estimate of drug-likeness (QED) is 0.765. The molecule has 1 heterocycles. The molecule has 118 valence electrons. The summed E-state index contributed by atoms with van der Waals surface area (Å²) in [5.41, 5.74) is 3.22. The van der Waals surface area contributed by atoms with E-state index < -0.39 is 0 Å². The highest BCUT2D eigenvalue weighted by atomic mass is 32.2. The Morgan fingerprint density at radius 3 is 2.59 bits per heavy atom. The Hall–Kier alpha value is -1.82. The van der Waals surface area contributed by atoms with E-state index in [1.165, 1.54) is 17.3 Å². The lowest BCUT2D eigenvalue weighted by Crippen LogP contribution is -2.31. The molecule has 0 atom stereocenters. The minimum atomic E-state index is 0.0845. The van der Waals surface area contributed by atoms with Crippen molar-refractivity contribution in [2.45, 2.75) is 32.9 Å². The number of hydrogen-bond acceptors (Lipinski definition) is 5. The molecule has 0 bridgehead atoms. The van der Waals surface area contributed by atoms with Gasteiger partial charge in [0.1, 0.15) is 0 Å². The number of aromatic nitrogens is 2. The molecule has 2 aromatic rings. The number of rotatable bonds is 6. The number of nitrogens with zero attached hydrogens (tertiary/aromatic N) is 3. The number of amides is 1. The highest BCUT2D eigenvalue weighted by molar-refractivity contribution is 7.99. The van der Waals surface area contributed by atoms with Gasteiger partial charge in [0.2, 0.25) is 11.8 Å². The number of hydrogen-bond donors (Lipinski definition) is 0. The topological polar surface area (TPSA) is 59.2 Å². The minimum Gasteiger partial charge on any atom is -0.411 e. The van der Waals surface area contributed by atoms with E-state index >= 15 is 0 Å². The van der Waals surface area contributed by atoms with Gasteiger partial charge in [-0.25, -0.2) is 0 Å². The van der Waals surface area contributed by atoms with Gasteiger partial charge in [0.25, 0.3) is 5.22 Å². The van der Waals surface area contributed by atoms with Crippen molar-refractivity contribution < 1.29 is 9.21 Å². The second-order valence-electron chi connectivity index (χ2n) is 5.05. The molecule has 0 saturated carbocycles. The van der Waals surface area contributed by atoms with Crippen LogP contribution in [0, 0.1) is 13.8 Å². The van der Waals surface area contributed by atoms with Crippen LogP contribution in [0.5, 0.6) is 0 Å². The van der Waals surface area contributed by atoms with E-state index in [-0.39, 0.29) is 5.91 Å². The first-order valence-corrected chi connectivity index (χ1v) is 8.35. The van der Waals surface area contributed by atoms with Crippen LogP contribution < -0.4 is 0 Å². The molecule has 22 heavy (non-hydrogen) atoms. The fourth-order valence-electron chi connectivity index (χ4n) is 2.22. The first-order valence-electron chi connectivity index (χ1n) is 7.36. The second kappa shape index (κ2) is 7.45. The number of carbonyl (C=O) groups is 1. The fourth-order valence-corrected chi connectivity index (χ4v) is 2.89. The highest BCUT2D eigenvalue weighted by Gasteiger charge is 2.15. The zero-order valence-corrected chi connectivity index (χ0v) is 14.2. The summed E-state index contributed by atoms with van der Waals surface area (Å²) in [5, 5.41) is 8.52. The fraction of sp³-hybridized carbons (Fsp3) is 0.438. The molecule has 6 heteroatoms. The van der Waals surface area contributed by atoms with E-state index in [4.69, 9.17) is 4.42 Å². The van der Waals surface area contributed by atoms with Crippen LogP contribution in [0.25, 0.3) is 11.5 Å². The van der Waals surface area contributed by atoms with Crippen LogP contribution in [-0.4, -0.2) is 39.8 Å². The third-order valence-corrected chi connectivity index (χ3v) is 4.26. The third kappa shape index (κ3) is 3.88. The molecule has 1 aromatic heterocycles. The molecule has 0 aliphatic rings. The van der Waals surface area contributed by atoms with Gasteiger partial charge in [-0.05, 0) is 39.3 Å².